The summed E-state index contributed by atoms with van der Waals surface area (Å²) in [5, 5.41) is 8.92. The average molecular weight is 481 g/mol. The van der Waals surface area contributed by atoms with E-state index in [2.05, 4.69) is 15.6 Å². The van der Waals surface area contributed by atoms with Crippen LogP contribution in [0.4, 0.5) is 11.4 Å². The summed E-state index contributed by atoms with van der Waals surface area (Å²) in [6, 6.07) is 4.79. The Balaban J connectivity index is 1.55. The van der Waals surface area contributed by atoms with E-state index in [1.165, 1.54) is 21.7 Å². The smallest absolute Gasteiger partial charge is 0.243 e. The Hall–Kier alpha value is -2.05. The van der Waals surface area contributed by atoms with Crippen LogP contribution in [-0.4, -0.2) is 69.2 Å². The van der Waals surface area contributed by atoms with E-state index in [4.69, 9.17) is 9.47 Å². The van der Waals surface area contributed by atoms with Crippen LogP contribution in [0.3, 0.4) is 0 Å². The topological polar surface area (TPSA) is 110 Å². The van der Waals surface area contributed by atoms with Crippen molar-refractivity contribution in [2.24, 2.45) is 0 Å². The van der Waals surface area contributed by atoms with Crippen LogP contribution in [0.5, 0.6) is 0 Å². The van der Waals surface area contributed by atoms with Crippen LogP contribution >= 0.6 is 11.3 Å². The number of amides is 1. The number of aryl methyl sites for hydroxylation is 1. The highest BCUT2D eigenvalue weighted by Crippen LogP contribution is 2.28. The first kappa shape index (κ1) is 23.1. The van der Waals surface area contributed by atoms with Gasteiger partial charge in [0.25, 0.3) is 0 Å². The van der Waals surface area contributed by atoms with Gasteiger partial charge in [0.1, 0.15) is 0 Å². The zero-order valence-corrected chi connectivity index (χ0v) is 19.6. The lowest BCUT2D eigenvalue weighted by Gasteiger charge is -2.26. The van der Waals surface area contributed by atoms with E-state index >= 15 is 0 Å². The number of carbonyl (C=O) groups is 1. The van der Waals surface area contributed by atoms with Crippen LogP contribution in [0, 0.1) is 6.92 Å². The van der Waals surface area contributed by atoms with E-state index in [9.17, 15) is 13.2 Å². The maximum Gasteiger partial charge on any atom is 0.243 e. The lowest BCUT2D eigenvalue weighted by atomic mass is 10.2. The van der Waals surface area contributed by atoms with Crippen molar-refractivity contribution in [3.63, 3.8) is 0 Å². The van der Waals surface area contributed by atoms with E-state index in [0.29, 0.717) is 49.9 Å². The largest absolute Gasteiger partial charge is 0.381 e. The van der Waals surface area contributed by atoms with E-state index in [0.717, 1.165) is 24.5 Å². The molecule has 0 radical (unpaired) electrons. The number of thiazole rings is 1. The Bertz CT molecular complexity index is 1040. The van der Waals surface area contributed by atoms with Crippen molar-refractivity contribution < 1.29 is 22.7 Å². The first-order valence-corrected chi connectivity index (χ1v) is 13.0. The van der Waals surface area contributed by atoms with Crippen molar-refractivity contribution in [3.8, 4) is 0 Å². The maximum atomic E-state index is 13.1. The van der Waals surface area contributed by atoms with Gasteiger partial charge in [0, 0.05) is 31.6 Å². The Morgan fingerprint density at radius 2 is 2.06 bits per heavy atom. The summed E-state index contributed by atoms with van der Waals surface area (Å²) in [6.07, 6.45) is 2.23. The summed E-state index contributed by atoms with van der Waals surface area (Å²) in [6.45, 7) is 4.59. The molecule has 0 saturated carbocycles. The number of nitrogens with one attached hydrogen (secondary N) is 2. The van der Waals surface area contributed by atoms with Gasteiger partial charge in [-0.25, -0.2) is 13.4 Å². The third-order valence-electron chi connectivity index (χ3n) is 5.43. The fourth-order valence-electron chi connectivity index (χ4n) is 3.75. The van der Waals surface area contributed by atoms with Crippen LogP contribution in [0.25, 0.3) is 0 Å². The second-order valence-corrected chi connectivity index (χ2v) is 10.8. The SMILES string of the molecule is Cc1nc(CC(=O)Nc2cc(S(=O)(=O)N3CCOCC3)ccc2NCC2CCCO2)cs1. The number of ether oxygens (including phenoxy) is 2. The van der Waals surface area contributed by atoms with E-state index in [1.807, 2.05) is 12.3 Å². The summed E-state index contributed by atoms with van der Waals surface area (Å²) >= 11 is 1.49. The highest BCUT2D eigenvalue weighted by Gasteiger charge is 2.27. The van der Waals surface area contributed by atoms with Crippen molar-refractivity contribution in [3.05, 3.63) is 34.3 Å². The number of aromatic nitrogens is 1. The number of sulfonamides is 1. The number of anilines is 2. The number of hydrogen-bond donors (Lipinski definition) is 2. The number of hydrogen-bond acceptors (Lipinski definition) is 8. The van der Waals surface area contributed by atoms with Crippen molar-refractivity contribution in [1.29, 1.82) is 0 Å². The molecule has 9 nitrogen and oxygen atoms in total. The predicted molar refractivity (Wildman–Crippen MR) is 123 cm³/mol. The molecule has 2 aromatic rings. The fourth-order valence-corrected chi connectivity index (χ4v) is 5.80. The minimum absolute atomic E-state index is 0.105. The van der Waals surface area contributed by atoms with E-state index in [-0.39, 0.29) is 23.3 Å². The molecule has 174 valence electrons. The quantitative estimate of drug-likeness (QED) is 0.596. The van der Waals surface area contributed by atoms with Crippen LogP contribution < -0.4 is 10.6 Å². The number of carbonyl (C=O) groups excluding carboxylic acids is 1. The van der Waals surface area contributed by atoms with Gasteiger partial charge in [0.05, 0.1) is 52.7 Å². The van der Waals surface area contributed by atoms with Gasteiger partial charge in [-0.1, -0.05) is 0 Å². The van der Waals surface area contributed by atoms with Gasteiger partial charge in [0.15, 0.2) is 0 Å². The molecular weight excluding hydrogens is 452 g/mol. The van der Waals surface area contributed by atoms with Gasteiger partial charge in [-0.15, -0.1) is 11.3 Å². The zero-order chi connectivity index (χ0) is 22.6. The number of rotatable bonds is 8. The monoisotopic (exact) mass is 480 g/mol. The molecule has 3 heterocycles. The highest BCUT2D eigenvalue weighted by molar-refractivity contribution is 7.89. The van der Waals surface area contributed by atoms with E-state index < -0.39 is 10.0 Å². The molecule has 11 heteroatoms. The molecule has 4 rings (SSSR count). The summed E-state index contributed by atoms with van der Waals surface area (Å²) in [7, 11) is -3.68. The normalized spacial score (nSPS) is 19.7. The number of benzene rings is 1. The molecule has 2 fully saturated rings. The summed E-state index contributed by atoms with van der Waals surface area (Å²) in [5.41, 5.74) is 1.77. The average Bonchev–Trinajstić information content (AvgIpc) is 3.45. The third-order valence-corrected chi connectivity index (χ3v) is 8.14. The first-order valence-electron chi connectivity index (χ1n) is 10.7. The van der Waals surface area contributed by atoms with Gasteiger partial charge >= 0.3 is 0 Å². The molecule has 2 aliphatic heterocycles. The molecule has 1 atom stereocenters. The van der Waals surface area contributed by atoms with Crippen molar-refractivity contribution in [1.82, 2.24) is 9.29 Å². The van der Waals surface area contributed by atoms with Crippen molar-refractivity contribution >= 4 is 38.6 Å². The Morgan fingerprint density at radius 1 is 1.25 bits per heavy atom. The maximum absolute atomic E-state index is 13.1. The summed E-state index contributed by atoms with van der Waals surface area (Å²) in [5.74, 6) is -0.253. The minimum Gasteiger partial charge on any atom is -0.381 e. The van der Waals surface area contributed by atoms with Gasteiger partial charge in [-0.2, -0.15) is 4.31 Å². The Kier molecular flexibility index (Phi) is 7.41. The lowest BCUT2D eigenvalue weighted by Crippen LogP contribution is -2.40. The van der Waals surface area contributed by atoms with Gasteiger partial charge < -0.3 is 20.1 Å². The minimum atomic E-state index is -3.68. The molecule has 1 aromatic heterocycles. The molecule has 2 aliphatic rings. The molecule has 1 aromatic carbocycles. The molecule has 0 bridgehead atoms. The Morgan fingerprint density at radius 3 is 2.75 bits per heavy atom. The second-order valence-electron chi connectivity index (χ2n) is 7.82. The van der Waals surface area contributed by atoms with Crippen LogP contribution in [0.2, 0.25) is 0 Å². The molecule has 0 spiro atoms. The van der Waals surface area contributed by atoms with Gasteiger partial charge in [0.2, 0.25) is 15.9 Å². The first-order chi connectivity index (χ1) is 15.4. The van der Waals surface area contributed by atoms with Crippen molar-refractivity contribution in [2.45, 2.75) is 37.2 Å². The Labute approximate surface area is 192 Å². The molecular formula is C21H28N4O5S2. The number of morpholine rings is 1. The van der Waals surface area contributed by atoms with Gasteiger partial charge in [-0.3, -0.25) is 4.79 Å². The van der Waals surface area contributed by atoms with Crippen LogP contribution in [0.15, 0.2) is 28.5 Å². The predicted octanol–water partition coefficient (Wildman–Crippen LogP) is 2.24. The molecule has 0 aliphatic carbocycles. The molecule has 2 saturated heterocycles. The second kappa shape index (κ2) is 10.3. The summed E-state index contributed by atoms with van der Waals surface area (Å²) in [4.78, 5) is 17.2. The standard InChI is InChI=1S/C21H28N4O5S2/c1-15-23-16(14-31-15)11-21(26)24-20-12-18(32(27,28)25-6-9-29-10-7-25)4-5-19(20)22-13-17-3-2-8-30-17/h4-5,12,14,17,22H,2-3,6-11,13H2,1H3,(H,24,26). The van der Waals surface area contributed by atoms with Crippen LogP contribution in [0.1, 0.15) is 23.5 Å². The van der Waals surface area contributed by atoms with Crippen LogP contribution in [-0.2, 0) is 30.7 Å². The number of nitrogens with zero attached hydrogens (tertiary/aromatic N) is 2. The molecule has 1 amide bonds. The molecule has 32 heavy (non-hydrogen) atoms. The molecule has 1 unspecified atom stereocenters. The molecule has 2 N–H and O–H groups in total. The van der Waals surface area contributed by atoms with Gasteiger partial charge in [-0.05, 0) is 38.0 Å². The lowest BCUT2D eigenvalue weighted by molar-refractivity contribution is -0.115. The highest BCUT2D eigenvalue weighted by atomic mass is 32.2. The van der Waals surface area contributed by atoms with Crippen molar-refractivity contribution in [2.75, 3.05) is 50.1 Å². The van der Waals surface area contributed by atoms with E-state index in [1.54, 1.807) is 12.1 Å². The summed E-state index contributed by atoms with van der Waals surface area (Å²) < 4.78 is 38.6. The third kappa shape index (κ3) is 5.65. The zero-order valence-electron chi connectivity index (χ0n) is 18.0. The fraction of sp³-hybridized carbons (Fsp3) is 0.524.